The zero-order chi connectivity index (χ0) is 17.0. The van der Waals surface area contributed by atoms with Gasteiger partial charge in [-0.05, 0) is 17.7 Å². The van der Waals surface area contributed by atoms with Crippen molar-refractivity contribution in [3.8, 4) is 0 Å². The van der Waals surface area contributed by atoms with Crippen molar-refractivity contribution in [3.63, 3.8) is 0 Å². The summed E-state index contributed by atoms with van der Waals surface area (Å²) < 4.78 is 23.8. The van der Waals surface area contributed by atoms with E-state index in [1.54, 1.807) is 36.4 Å². The Morgan fingerprint density at radius 3 is 2.50 bits per heavy atom. The van der Waals surface area contributed by atoms with Crippen molar-refractivity contribution >= 4 is 32.9 Å². The minimum absolute atomic E-state index is 0.361. The Morgan fingerprint density at radius 1 is 1.00 bits per heavy atom. The van der Waals surface area contributed by atoms with Crippen LogP contribution in [0.4, 0.5) is 0 Å². The van der Waals surface area contributed by atoms with Crippen molar-refractivity contribution in [2.24, 2.45) is 0 Å². The lowest BCUT2D eigenvalue weighted by Crippen LogP contribution is -2.40. The molecule has 0 fully saturated rings. The van der Waals surface area contributed by atoms with Crippen LogP contribution >= 0.6 is 0 Å². The van der Waals surface area contributed by atoms with Crippen LogP contribution in [0.3, 0.4) is 0 Å². The molecule has 1 amide bonds. The number of carbonyl (C=O) groups is 1. The monoisotopic (exact) mass is 341 g/mol. The number of nitrogens with one attached hydrogen (secondary N) is 3. The third kappa shape index (κ3) is 3.70. The van der Waals surface area contributed by atoms with E-state index < -0.39 is 15.9 Å². The number of hydrazine groups is 1. The third-order valence-corrected chi connectivity index (χ3v) is 4.26. The van der Waals surface area contributed by atoms with Crippen LogP contribution in [-0.4, -0.2) is 19.3 Å². The average Bonchev–Trinajstić information content (AvgIpc) is 3.03. The lowest BCUT2D eigenvalue weighted by atomic mass is 10.2. The second-order valence-electron chi connectivity index (χ2n) is 5.06. The van der Waals surface area contributed by atoms with Crippen LogP contribution in [0.15, 0.2) is 66.2 Å². The number of benzene rings is 2. The van der Waals surface area contributed by atoms with Crippen LogP contribution in [0.25, 0.3) is 17.0 Å². The maximum Gasteiger partial charge on any atom is 0.268 e. The Bertz CT molecular complexity index is 992. The second-order valence-corrected chi connectivity index (χ2v) is 6.63. The van der Waals surface area contributed by atoms with Crippen LogP contribution in [-0.2, 0) is 10.0 Å². The Hall–Kier alpha value is -2.90. The predicted molar refractivity (Wildman–Crippen MR) is 93.3 cm³/mol. The number of aromatic amines is 1. The maximum absolute atomic E-state index is 12.2. The fourth-order valence-corrected chi connectivity index (χ4v) is 2.85. The Kier molecular flexibility index (Phi) is 4.45. The fraction of sp³-hybridized carbons (Fsp3) is 0. The third-order valence-electron chi connectivity index (χ3n) is 3.38. The van der Waals surface area contributed by atoms with Gasteiger partial charge in [0.2, 0.25) is 0 Å². The van der Waals surface area contributed by atoms with Gasteiger partial charge in [-0.15, -0.1) is 4.83 Å². The van der Waals surface area contributed by atoms with E-state index >= 15 is 0 Å². The van der Waals surface area contributed by atoms with Crippen molar-refractivity contribution in [2.75, 3.05) is 0 Å². The molecule has 2 aromatic carbocycles. The minimum atomic E-state index is -3.79. The van der Waals surface area contributed by atoms with E-state index in [4.69, 9.17) is 0 Å². The van der Waals surface area contributed by atoms with Crippen molar-refractivity contribution in [2.45, 2.75) is 0 Å². The molecule has 0 saturated carbocycles. The van der Waals surface area contributed by atoms with Crippen molar-refractivity contribution in [1.29, 1.82) is 0 Å². The number of amides is 1. The van der Waals surface area contributed by atoms with Crippen LogP contribution in [0, 0.1) is 0 Å². The van der Waals surface area contributed by atoms with E-state index in [2.05, 4.69) is 15.2 Å². The molecule has 3 N–H and O–H groups in total. The minimum Gasteiger partial charge on any atom is -0.360 e. The first-order chi connectivity index (χ1) is 11.6. The number of aromatic nitrogens is 1. The molecule has 1 aromatic heterocycles. The van der Waals surface area contributed by atoms with Crippen molar-refractivity contribution < 1.29 is 13.2 Å². The van der Waals surface area contributed by atoms with Gasteiger partial charge in [0, 0.05) is 22.5 Å². The van der Waals surface area contributed by atoms with Gasteiger partial charge in [0.05, 0.1) is 5.56 Å². The molecule has 3 aromatic rings. The van der Waals surface area contributed by atoms with Crippen LogP contribution in [0.2, 0.25) is 0 Å². The van der Waals surface area contributed by atoms with E-state index in [-0.39, 0.29) is 0 Å². The molecule has 7 heteroatoms. The molecule has 24 heavy (non-hydrogen) atoms. The molecular weight excluding hydrogens is 326 g/mol. The van der Waals surface area contributed by atoms with E-state index in [0.29, 0.717) is 10.9 Å². The topological polar surface area (TPSA) is 91.1 Å². The molecule has 6 nitrogen and oxygen atoms in total. The number of carbonyl (C=O) groups excluding carboxylic acids is 1. The van der Waals surface area contributed by atoms with Crippen LogP contribution < -0.4 is 10.3 Å². The van der Waals surface area contributed by atoms with Gasteiger partial charge in [0.25, 0.3) is 15.9 Å². The van der Waals surface area contributed by atoms with Gasteiger partial charge in [-0.1, -0.05) is 48.5 Å². The molecule has 0 saturated heterocycles. The van der Waals surface area contributed by atoms with Gasteiger partial charge >= 0.3 is 0 Å². The number of rotatable bonds is 5. The van der Waals surface area contributed by atoms with Crippen LogP contribution in [0.1, 0.15) is 15.9 Å². The van der Waals surface area contributed by atoms with Crippen LogP contribution in [0.5, 0.6) is 0 Å². The number of para-hydroxylation sites is 1. The molecule has 0 bridgehead atoms. The van der Waals surface area contributed by atoms with E-state index in [0.717, 1.165) is 16.5 Å². The highest BCUT2D eigenvalue weighted by molar-refractivity contribution is 7.92. The molecular formula is C17H15N3O3S. The fourth-order valence-electron chi connectivity index (χ4n) is 2.21. The molecule has 0 spiro atoms. The SMILES string of the molecule is O=C(NNS(=O)(=O)/C=C/c1ccccc1)c1c[nH]c2ccccc12. The largest absolute Gasteiger partial charge is 0.360 e. The first kappa shape index (κ1) is 16.0. The van der Waals surface area contributed by atoms with Gasteiger partial charge in [0.1, 0.15) is 0 Å². The lowest BCUT2D eigenvalue weighted by molar-refractivity contribution is 0.0947. The summed E-state index contributed by atoms with van der Waals surface area (Å²) in [4.78, 5) is 17.2. The molecule has 0 radical (unpaired) electrons. The highest BCUT2D eigenvalue weighted by Crippen LogP contribution is 2.17. The van der Waals surface area contributed by atoms with Gasteiger partial charge in [-0.2, -0.15) is 0 Å². The molecule has 0 unspecified atom stereocenters. The maximum atomic E-state index is 12.2. The smallest absolute Gasteiger partial charge is 0.268 e. The summed E-state index contributed by atoms with van der Waals surface area (Å²) in [6, 6.07) is 16.3. The molecule has 0 aliphatic carbocycles. The number of H-pyrrole nitrogens is 1. The summed E-state index contributed by atoms with van der Waals surface area (Å²) in [5.41, 5.74) is 4.11. The first-order valence-corrected chi connectivity index (χ1v) is 8.71. The number of hydrogen-bond acceptors (Lipinski definition) is 3. The number of hydrogen-bond donors (Lipinski definition) is 3. The van der Waals surface area contributed by atoms with E-state index in [1.807, 2.05) is 18.2 Å². The Balaban J connectivity index is 1.68. The zero-order valence-corrected chi connectivity index (χ0v) is 13.4. The predicted octanol–water partition coefficient (Wildman–Crippen LogP) is 2.40. The molecule has 0 atom stereocenters. The first-order valence-electron chi connectivity index (χ1n) is 7.16. The molecule has 0 aliphatic rings. The summed E-state index contributed by atoms with van der Waals surface area (Å²) in [6.07, 6.45) is 2.98. The van der Waals surface area contributed by atoms with E-state index in [9.17, 15) is 13.2 Å². The molecule has 1 heterocycles. The summed E-state index contributed by atoms with van der Waals surface area (Å²) in [5, 5.41) is 1.71. The Labute approximate surface area is 139 Å². The number of sulfonamides is 1. The number of fused-ring (bicyclic) bond motifs is 1. The quantitative estimate of drug-likeness (QED) is 0.622. The van der Waals surface area contributed by atoms with Gasteiger partial charge in [0.15, 0.2) is 0 Å². The second kappa shape index (κ2) is 6.69. The van der Waals surface area contributed by atoms with Gasteiger partial charge in [-0.3, -0.25) is 10.2 Å². The zero-order valence-electron chi connectivity index (χ0n) is 12.6. The summed E-state index contributed by atoms with van der Waals surface area (Å²) >= 11 is 0. The van der Waals surface area contributed by atoms with E-state index in [1.165, 1.54) is 12.3 Å². The normalized spacial score (nSPS) is 11.8. The van der Waals surface area contributed by atoms with Gasteiger partial charge in [-0.25, -0.2) is 8.42 Å². The Morgan fingerprint density at radius 2 is 1.71 bits per heavy atom. The highest BCUT2D eigenvalue weighted by atomic mass is 32.2. The molecule has 3 rings (SSSR count). The average molecular weight is 341 g/mol. The lowest BCUT2D eigenvalue weighted by Gasteiger charge is -2.05. The molecule has 122 valence electrons. The van der Waals surface area contributed by atoms with Crippen molar-refractivity contribution in [1.82, 2.24) is 15.2 Å². The standard InChI is InChI=1S/C17H15N3O3S/c21-17(15-12-18-16-9-5-4-8-14(15)16)19-20-24(22,23)11-10-13-6-2-1-3-7-13/h1-12,18,20H,(H,19,21)/b11-10+. The summed E-state index contributed by atoms with van der Waals surface area (Å²) in [5.74, 6) is -0.538. The molecule has 0 aliphatic heterocycles. The summed E-state index contributed by atoms with van der Waals surface area (Å²) in [7, 11) is -3.79. The van der Waals surface area contributed by atoms with Crippen molar-refractivity contribution in [3.05, 3.63) is 77.3 Å². The highest BCUT2D eigenvalue weighted by Gasteiger charge is 2.13. The van der Waals surface area contributed by atoms with Gasteiger partial charge < -0.3 is 4.98 Å². The summed E-state index contributed by atoms with van der Waals surface area (Å²) in [6.45, 7) is 0.